The van der Waals surface area contributed by atoms with Crippen molar-refractivity contribution in [3.8, 4) is 5.75 Å². The minimum absolute atomic E-state index is 0.0923. The van der Waals surface area contributed by atoms with Gasteiger partial charge in [0.05, 0.1) is 12.6 Å². The first-order valence-electron chi connectivity index (χ1n) is 13.2. The number of nitrogens with one attached hydrogen (secondary N) is 1. The maximum absolute atomic E-state index is 14.3. The Morgan fingerprint density at radius 1 is 0.925 bits per heavy atom. The maximum atomic E-state index is 14.3. The van der Waals surface area contributed by atoms with Gasteiger partial charge in [0.15, 0.2) is 0 Å². The van der Waals surface area contributed by atoms with Crippen LogP contribution in [0.3, 0.4) is 0 Å². The molecule has 1 N–H and O–H groups in total. The monoisotopic (exact) mass is 533 g/mol. The van der Waals surface area contributed by atoms with Crippen LogP contribution in [0, 0.1) is 0 Å². The second kappa shape index (κ2) is 12.3. The van der Waals surface area contributed by atoms with Crippen LogP contribution in [0.1, 0.15) is 29.7 Å². The first-order valence-corrected chi connectivity index (χ1v) is 13.2. The number of benzene rings is 4. The highest BCUT2D eigenvalue weighted by Gasteiger charge is 2.34. The van der Waals surface area contributed by atoms with Crippen LogP contribution in [-0.2, 0) is 29.1 Å². The summed E-state index contributed by atoms with van der Waals surface area (Å²) in [6, 6.07) is 31.2. The van der Waals surface area contributed by atoms with Crippen LogP contribution in [0.4, 0.5) is 5.69 Å². The molecule has 0 saturated heterocycles. The molecule has 0 aliphatic heterocycles. The number of amides is 2. The molecule has 4 aromatic carbocycles. The van der Waals surface area contributed by atoms with Gasteiger partial charge in [0.2, 0.25) is 11.8 Å². The lowest BCUT2D eigenvalue weighted by Gasteiger charge is -2.33. The van der Waals surface area contributed by atoms with E-state index < -0.39 is 6.04 Å². The van der Waals surface area contributed by atoms with Gasteiger partial charge in [-0.2, -0.15) is 0 Å². The molecule has 0 saturated carbocycles. The Balaban J connectivity index is 1.60. The van der Waals surface area contributed by atoms with Crippen LogP contribution in [0.2, 0.25) is 0 Å². The van der Waals surface area contributed by atoms with Crippen molar-refractivity contribution < 1.29 is 14.3 Å². The lowest BCUT2D eigenvalue weighted by atomic mass is 10.00. The number of aromatic nitrogens is 3. The largest absolute Gasteiger partial charge is 0.497 e. The summed E-state index contributed by atoms with van der Waals surface area (Å²) >= 11 is 0. The van der Waals surface area contributed by atoms with E-state index in [1.807, 2.05) is 104 Å². The minimum Gasteiger partial charge on any atom is -0.497 e. The Morgan fingerprint density at radius 3 is 2.48 bits per heavy atom. The van der Waals surface area contributed by atoms with Gasteiger partial charge >= 0.3 is 0 Å². The fourth-order valence-corrected chi connectivity index (χ4v) is 4.81. The molecule has 8 nitrogen and oxygen atoms in total. The second-order valence-corrected chi connectivity index (χ2v) is 9.36. The quantitative estimate of drug-likeness (QED) is 0.270. The minimum atomic E-state index is -0.964. The Bertz CT molecular complexity index is 1620. The first-order chi connectivity index (χ1) is 19.6. The highest BCUT2D eigenvalue weighted by Crippen LogP contribution is 2.33. The zero-order valence-electron chi connectivity index (χ0n) is 22.5. The zero-order valence-corrected chi connectivity index (χ0v) is 22.5. The molecule has 1 aromatic heterocycles. The smallest absolute Gasteiger partial charge is 0.249 e. The normalized spacial score (nSPS) is 11.7. The van der Waals surface area contributed by atoms with Crippen LogP contribution in [-0.4, -0.2) is 33.9 Å². The van der Waals surface area contributed by atoms with Crippen molar-refractivity contribution >= 4 is 28.5 Å². The third-order valence-electron chi connectivity index (χ3n) is 6.83. The van der Waals surface area contributed by atoms with E-state index in [9.17, 15) is 9.59 Å². The molecule has 202 valence electrons. The number of fused-ring (bicyclic) bond motifs is 1. The fourth-order valence-electron chi connectivity index (χ4n) is 4.81. The standard InChI is InChI=1S/C32H31N5O3/c1-3-24-14-7-9-18-28(24)37(30(38)22-36-29-19-10-8-17-27(29)34-35-36)31(25-15-11-16-26(20-25)40-2)32(39)33-21-23-12-5-4-6-13-23/h4-20,31H,3,21-22H2,1-2H3,(H,33,39)/t31-/m0/s1. The van der Waals surface area contributed by atoms with Crippen LogP contribution in [0.15, 0.2) is 103 Å². The molecule has 2 amide bonds. The number of hydrogen-bond acceptors (Lipinski definition) is 5. The Kier molecular flexibility index (Phi) is 8.15. The molecule has 5 rings (SSSR count). The van der Waals surface area contributed by atoms with Gasteiger partial charge in [-0.1, -0.05) is 84.9 Å². The highest BCUT2D eigenvalue weighted by molar-refractivity contribution is 6.02. The van der Waals surface area contributed by atoms with Crippen molar-refractivity contribution in [3.05, 3.63) is 120 Å². The molecule has 5 aromatic rings. The summed E-state index contributed by atoms with van der Waals surface area (Å²) in [5.74, 6) is -0.00384. The van der Waals surface area contributed by atoms with Crippen molar-refractivity contribution in [2.75, 3.05) is 12.0 Å². The molecule has 0 fully saturated rings. The third-order valence-corrected chi connectivity index (χ3v) is 6.83. The van der Waals surface area contributed by atoms with Crippen molar-refractivity contribution in [1.82, 2.24) is 20.3 Å². The van der Waals surface area contributed by atoms with Gasteiger partial charge in [0, 0.05) is 12.2 Å². The number of ether oxygens (including phenoxy) is 1. The number of rotatable bonds is 10. The van der Waals surface area contributed by atoms with Gasteiger partial charge in [-0.05, 0) is 53.4 Å². The number of anilines is 1. The number of carbonyl (C=O) groups is 2. The number of nitrogens with zero attached hydrogens (tertiary/aromatic N) is 4. The van der Waals surface area contributed by atoms with Crippen molar-refractivity contribution in [2.45, 2.75) is 32.5 Å². The number of methoxy groups -OCH3 is 1. The fraction of sp³-hybridized carbons (Fsp3) is 0.188. The van der Waals surface area contributed by atoms with Crippen LogP contribution in [0.25, 0.3) is 11.0 Å². The first kappa shape index (κ1) is 26.6. The molecule has 0 aliphatic rings. The average Bonchev–Trinajstić information content (AvgIpc) is 3.41. The number of para-hydroxylation sites is 2. The van der Waals surface area contributed by atoms with E-state index in [1.165, 1.54) is 0 Å². The zero-order chi connectivity index (χ0) is 27.9. The van der Waals surface area contributed by atoms with Gasteiger partial charge < -0.3 is 10.1 Å². The van der Waals surface area contributed by atoms with Crippen molar-refractivity contribution in [2.24, 2.45) is 0 Å². The molecule has 0 aliphatic carbocycles. The summed E-state index contributed by atoms with van der Waals surface area (Å²) in [6.45, 7) is 2.26. The van der Waals surface area contributed by atoms with Crippen molar-refractivity contribution in [3.63, 3.8) is 0 Å². The topological polar surface area (TPSA) is 89.4 Å². The number of hydrogen-bond donors (Lipinski definition) is 1. The van der Waals surface area contributed by atoms with Gasteiger partial charge in [-0.25, -0.2) is 4.68 Å². The lowest BCUT2D eigenvalue weighted by molar-refractivity contribution is -0.127. The predicted molar refractivity (Wildman–Crippen MR) is 155 cm³/mol. The molecule has 0 radical (unpaired) electrons. The molecular formula is C32H31N5O3. The van der Waals surface area contributed by atoms with Gasteiger partial charge in [-0.3, -0.25) is 14.5 Å². The summed E-state index contributed by atoms with van der Waals surface area (Å²) in [5.41, 5.74) is 4.64. The van der Waals surface area contributed by atoms with Crippen LogP contribution < -0.4 is 15.0 Å². The van der Waals surface area contributed by atoms with Gasteiger partial charge in [0.1, 0.15) is 23.9 Å². The Morgan fingerprint density at radius 2 is 1.68 bits per heavy atom. The van der Waals surface area contributed by atoms with E-state index in [0.29, 0.717) is 35.5 Å². The summed E-state index contributed by atoms with van der Waals surface area (Å²) in [5, 5.41) is 11.5. The molecule has 1 heterocycles. The van der Waals surface area contributed by atoms with E-state index in [0.717, 1.165) is 16.6 Å². The molecule has 0 bridgehead atoms. The molecular weight excluding hydrogens is 502 g/mol. The summed E-state index contributed by atoms with van der Waals surface area (Å²) in [4.78, 5) is 30.0. The maximum Gasteiger partial charge on any atom is 0.249 e. The molecule has 0 spiro atoms. The van der Waals surface area contributed by atoms with E-state index in [2.05, 4.69) is 15.6 Å². The van der Waals surface area contributed by atoms with Crippen LogP contribution in [0.5, 0.6) is 5.75 Å². The summed E-state index contributed by atoms with van der Waals surface area (Å²) < 4.78 is 7.05. The SMILES string of the molecule is CCc1ccccc1N(C(=O)Cn1nnc2ccccc21)[C@H](C(=O)NCc1ccccc1)c1cccc(OC)c1. The lowest BCUT2D eigenvalue weighted by Crippen LogP contribution is -2.45. The molecule has 40 heavy (non-hydrogen) atoms. The number of carbonyl (C=O) groups excluding carboxylic acids is 2. The summed E-state index contributed by atoms with van der Waals surface area (Å²) in [6.07, 6.45) is 0.683. The van der Waals surface area contributed by atoms with E-state index >= 15 is 0 Å². The molecule has 1 atom stereocenters. The van der Waals surface area contributed by atoms with Gasteiger partial charge in [-0.15, -0.1) is 5.10 Å². The third kappa shape index (κ3) is 5.71. The number of aryl methyl sites for hydroxylation is 1. The van der Waals surface area contributed by atoms with E-state index in [4.69, 9.17) is 4.74 Å². The Labute approximate surface area is 233 Å². The molecule has 0 unspecified atom stereocenters. The second-order valence-electron chi connectivity index (χ2n) is 9.36. The van der Waals surface area contributed by atoms with E-state index in [1.54, 1.807) is 22.8 Å². The summed E-state index contributed by atoms with van der Waals surface area (Å²) in [7, 11) is 1.58. The van der Waals surface area contributed by atoms with E-state index in [-0.39, 0.29) is 18.4 Å². The molecule has 8 heteroatoms. The highest BCUT2D eigenvalue weighted by atomic mass is 16.5. The van der Waals surface area contributed by atoms with Crippen LogP contribution >= 0.6 is 0 Å². The predicted octanol–water partition coefficient (Wildman–Crippen LogP) is 5.09. The average molecular weight is 534 g/mol. The Hall–Kier alpha value is -4.98. The van der Waals surface area contributed by atoms with Crippen molar-refractivity contribution in [1.29, 1.82) is 0 Å². The van der Waals surface area contributed by atoms with Gasteiger partial charge in [0.25, 0.3) is 0 Å².